The summed E-state index contributed by atoms with van der Waals surface area (Å²) in [5.41, 5.74) is 1.73. The maximum Gasteiger partial charge on any atom is 0.221 e. The van der Waals surface area contributed by atoms with E-state index in [1.165, 1.54) is 12.1 Å². The van der Waals surface area contributed by atoms with E-state index < -0.39 is 0 Å². The number of rotatable bonds is 10. The number of hydrogen-bond donors (Lipinski definition) is 1. The van der Waals surface area contributed by atoms with Gasteiger partial charge >= 0.3 is 0 Å². The highest BCUT2D eigenvalue weighted by atomic mass is 19.1. The van der Waals surface area contributed by atoms with E-state index in [2.05, 4.69) is 15.5 Å². The molecule has 3 aromatic rings. The summed E-state index contributed by atoms with van der Waals surface area (Å²) in [7, 11) is 3.19. The van der Waals surface area contributed by atoms with E-state index in [9.17, 15) is 9.18 Å². The first-order chi connectivity index (χ1) is 15.0. The molecule has 0 aliphatic carbocycles. The highest BCUT2D eigenvalue weighted by Gasteiger charge is 2.15. The predicted molar refractivity (Wildman–Crippen MR) is 113 cm³/mol. The number of benzene rings is 2. The number of nitrogens with zero attached hydrogens (tertiary/aromatic N) is 2. The summed E-state index contributed by atoms with van der Waals surface area (Å²) in [6.07, 6.45) is 1.63. The summed E-state index contributed by atoms with van der Waals surface area (Å²) in [4.78, 5) is 12.4. The van der Waals surface area contributed by atoms with Crippen molar-refractivity contribution in [2.75, 3.05) is 14.2 Å². The van der Waals surface area contributed by atoms with E-state index in [1.54, 1.807) is 26.4 Å². The Morgan fingerprint density at radius 1 is 1.10 bits per heavy atom. The quantitative estimate of drug-likeness (QED) is 0.526. The molecule has 0 saturated carbocycles. The SMILES string of the molecule is CCC(NC(=O)CCc1nnc(Cc2cc(OC)ccc2OC)o1)c1ccc(F)cc1. The number of halogens is 1. The van der Waals surface area contributed by atoms with Crippen molar-refractivity contribution >= 4 is 5.91 Å². The third kappa shape index (κ3) is 6.04. The molecule has 0 aliphatic rings. The summed E-state index contributed by atoms with van der Waals surface area (Å²) in [6.45, 7) is 1.96. The predicted octanol–water partition coefficient (Wildman–Crippen LogP) is 4.02. The number of carbonyl (C=O) groups is 1. The molecule has 0 bridgehead atoms. The molecule has 1 heterocycles. The second-order valence-electron chi connectivity index (χ2n) is 7.02. The topological polar surface area (TPSA) is 86.5 Å². The molecule has 7 nitrogen and oxygen atoms in total. The third-order valence-corrected chi connectivity index (χ3v) is 4.92. The Morgan fingerprint density at radius 3 is 2.52 bits per heavy atom. The van der Waals surface area contributed by atoms with Crippen molar-refractivity contribution in [1.82, 2.24) is 15.5 Å². The van der Waals surface area contributed by atoms with Gasteiger partial charge < -0.3 is 19.2 Å². The number of hydrogen-bond acceptors (Lipinski definition) is 6. The van der Waals surface area contributed by atoms with Gasteiger partial charge in [0.25, 0.3) is 0 Å². The van der Waals surface area contributed by atoms with Gasteiger partial charge in [0, 0.05) is 18.4 Å². The molecule has 0 saturated heterocycles. The lowest BCUT2D eigenvalue weighted by molar-refractivity contribution is -0.121. The molecular formula is C23H26FN3O4. The average molecular weight is 427 g/mol. The second kappa shape index (κ2) is 10.6. The Kier molecular flexibility index (Phi) is 7.59. The molecule has 0 aliphatic heterocycles. The smallest absolute Gasteiger partial charge is 0.221 e. The lowest BCUT2D eigenvalue weighted by atomic mass is 10.0. The van der Waals surface area contributed by atoms with Gasteiger partial charge in [0.2, 0.25) is 17.7 Å². The fraction of sp³-hybridized carbons (Fsp3) is 0.348. The number of aryl methyl sites for hydroxylation is 1. The van der Waals surface area contributed by atoms with Gasteiger partial charge in [0.1, 0.15) is 17.3 Å². The molecule has 1 atom stereocenters. The zero-order chi connectivity index (χ0) is 22.2. The zero-order valence-electron chi connectivity index (χ0n) is 17.9. The van der Waals surface area contributed by atoms with Crippen molar-refractivity contribution in [3.05, 3.63) is 71.2 Å². The summed E-state index contributed by atoms with van der Waals surface area (Å²) in [5, 5.41) is 11.1. The molecule has 1 aromatic heterocycles. The first-order valence-electron chi connectivity index (χ1n) is 10.1. The highest BCUT2D eigenvalue weighted by Crippen LogP contribution is 2.26. The third-order valence-electron chi connectivity index (χ3n) is 4.92. The summed E-state index contributed by atoms with van der Waals surface area (Å²) >= 11 is 0. The molecule has 8 heteroatoms. The second-order valence-corrected chi connectivity index (χ2v) is 7.02. The molecule has 0 fully saturated rings. The lowest BCUT2D eigenvalue weighted by Gasteiger charge is -2.17. The van der Waals surface area contributed by atoms with Crippen molar-refractivity contribution in [2.45, 2.75) is 38.6 Å². The van der Waals surface area contributed by atoms with E-state index in [0.717, 1.165) is 11.1 Å². The number of nitrogens with one attached hydrogen (secondary N) is 1. The van der Waals surface area contributed by atoms with Crippen LogP contribution in [0.2, 0.25) is 0 Å². The molecule has 1 unspecified atom stereocenters. The molecule has 164 valence electrons. The molecule has 2 aromatic carbocycles. The number of methoxy groups -OCH3 is 2. The summed E-state index contributed by atoms with van der Waals surface area (Å²) in [6, 6.07) is 11.5. The molecule has 0 spiro atoms. The van der Waals surface area contributed by atoms with E-state index in [1.807, 2.05) is 25.1 Å². The Morgan fingerprint density at radius 2 is 1.84 bits per heavy atom. The minimum absolute atomic E-state index is 0.134. The van der Waals surface area contributed by atoms with Crippen molar-refractivity contribution in [3.63, 3.8) is 0 Å². The number of aromatic nitrogens is 2. The molecule has 3 rings (SSSR count). The van der Waals surface area contributed by atoms with Gasteiger partial charge in [-0.1, -0.05) is 19.1 Å². The van der Waals surface area contributed by atoms with Crippen LogP contribution in [0.25, 0.3) is 0 Å². The van der Waals surface area contributed by atoms with Crippen LogP contribution >= 0.6 is 0 Å². The minimum Gasteiger partial charge on any atom is -0.497 e. The van der Waals surface area contributed by atoms with Crippen LogP contribution in [0.5, 0.6) is 11.5 Å². The van der Waals surface area contributed by atoms with Gasteiger partial charge in [-0.25, -0.2) is 4.39 Å². The van der Waals surface area contributed by atoms with Crippen LogP contribution in [0.1, 0.15) is 48.7 Å². The van der Waals surface area contributed by atoms with Gasteiger partial charge in [-0.05, 0) is 42.3 Å². The van der Waals surface area contributed by atoms with Crippen LogP contribution in [-0.2, 0) is 17.6 Å². The van der Waals surface area contributed by atoms with Crippen molar-refractivity contribution in [3.8, 4) is 11.5 Å². The largest absolute Gasteiger partial charge is 0.497 e. The standard InChI is InChI=1S/C23H26FN3O4/c1-4-19(15-5-7-17(24)8-6-15)25-21(28)11-12-22-26-27-23(31-22)14-16-13-18(29-2)9-10-20(16)30-3/h5-10,13,19H,4,11-12,14H2,1-3H3,(H,25,28). The molecule has 0 radical (unpaired) electrons. The van der Waals surface area contributed by atoms with Gasteiger partial charge in [0.15, 0.2) is 0 Å². The number of carbonyl (C=O) groups excluding carboxylic acids is 1. The Labute approximate surface area is 180 Å². The maximum absolute atomic E-state index is 13.1. The van der Waals surface area contributed by atoms with Gasteiger partial charge in [-0.15, -0.1) is 10.2 Å². The summed E-state index contributed by atoms with van der Waals surface area (Å²) < 4.78 is 29.5. The first kappa shape index (κ1) is 22.3. The molecule has 1 N–H and O–H groups in total. The first-order valence-corrected chi connectivity index (χ1v) is 10.1. The van der Waals surface area contributed by atoms with Crippen molar-refractivity contribution in [2.24, 2.45) is 0 Å². The van der Waals surface area contributed by atoms with Crippen LogP contribution in [0.3, 0.4) is 0 Å². The van der Waals surface area contributed by atoms with E-state index in [-0.39, 0.29) is 24.2 Å². The fourth-order valence-corrected chi connectivity index (χ4v) is 3.25. The van der Waals surface area contributed by atoms with Crippen molar-refractivity contribution < 1.29 is 23.1 Å². The number of amides is 1. The van der Waals surface area contributed by atoms with E-state index >= 15 is 0 Å². The number of ether oxygens (including phenoxy) is 2. The normalized spacial score (nSPS) is 11.7. The van der Waals surface area contributed by atoms with Crippen molar-refractivity contribution in [1.29, 1.82) is 0 Å². The lowest BCUT2D eigenvalue weighted by Crippen LogP contribution is -2.28. The van der Waals surface area contributed by atoms with Gasteiger partial charge in [-0.3, -0.25) is 4.79 Å². The zero-order valence-corrected chi connectivity index (χ0v) is 17.9. The Bertz CT molecular complexity index is 1000. The Balaban J connectivity index is 1.56. The molecular weight excluding hydrogens is 401 g/mol. The fourth-order valence-electron chi connectivity index (χ4n) is 3.25. The molecule has 1 amide bonds. The maximum atomic E-state index is 13.1. The van der Waals surface area contributed by atoms with Crippen LogP contribution < -0.4 is 14.8 Å². The van der Waals surface area contributed by atoms with E-state index in [0.29, 0.717) is 42.5 Å². The van der Waals surface area contributed by atoms with Crippen LogP contribution in [-0.4, -0.2) is 30.3 Å². The Hall–Kier alpha value is -3.42. The van der Waals surface area contributed by atoms with E-state index in [4.69, 9.17) is 13.9 Å². The van der Waals surface area contributed by atoms with Crippen LogP contribution in [0, 0.1) is 5.82 Å². The minimum atomic E-state index is -0.302. The van der Waals surface area contributed by atoms with Crippen LogP contribution in [0.4, 0.5) is 4.39 Å². The molecule has 31 heavy (non-hydrogen) atoms. The van der Waals surface area contributed by atoms with Crippen LogP contribution in [0.15, 0.2) is 46.9 Å². The van der Waals surface area contributed by atoms with Gasteiger partial charge in [-0.2, -0.15) is 0 Å². The average Bonchev–Trinajstić information content (AvgIpc) is 3.24. The van der Waals surface area contributed by atoms with Gasteiger partial charge in [0.05, 0.1) is 26.7 Å². The summed E-state index contributed by atoms with van der Waals surface area (Å²) in [5.74, 6) is 1.79. The highest BCUT2D eigenvalue weighted by molar-refractivity contribution is 5.76. The monoisotopic (exact) mass is 427 g/mol.